The minimum Gasteiger partial charge on any atom is -0.349 e. The van der Waals surface area contributed by atoms with Gasteiger partial charge in [0.1, 0.15) is 31.9 Å². The van der Waals surface area contributed by atoms with Crippen LogP contribution in [0.15, 0.2) is 29.2 Å². The molecule has 1 aromatic rings. The molecule has 24 heavy (non-hydrogen) atoms. The molecule has 2 heterocycles. The van der Waals surface area contributed by atoms with Crippen LogP contribution in [0.3, 0.4) is 0 Å². The second-order valence-corrected chi connectivity index (χ2v) is 8.11. The van der Waals surface area contributed by atoms with E-state index in [-0.39, 0.29) is 37.3 Å². The first-order valence-corrected chi connectivity index (χ1v) is 10.4. The highest BCUT2D eigenvalue weighted by Crippen LogP contribution is 2.27. The molecule has 0 radical (unpaired) electrons. The molecule has 2 fully saturated rings. The summed E-state index contributed by atoms with van der Waals surface area (Å²) in [6.07, 6.45) is -1.34. The highest BCUT2D eigenvalue weighted by atomic mass is 127. The molecule has 3 rings (SSSR count). The smallest absolute Gasteiger partial charge is 0.297 e. The fourth-order valence-electron chi connectivity index (χ4n) is 2.63. The van der Waals surface area contributed by atoms with Crippen molar-refractivity contribution in [2.75, 3.05) is 24.6 Å². The Morgan fingerprint density at radius 3 is 2.25 bits per heavy atom. The monoisotopic (exact) mass is 470 g/mol. The van der Waals surface area contributed by atoms with Gasteiger partial charge < -0.3 is 18.9 Å². The van der Waals surface area contributed by atoms with E-state index in [4.69, 9.17) is 23.1 Å². The third-order valence-electron chi connectivity index (χ3n) is 3.99. The van der Waals surface area contributed by atoms with Crippen molar-refractivity contribution in [1.82, 2.24) is 0 Å². The van der Waals surface area contributed by atoms with Gasteiger partial charge >= 0.3 is 0 Å². The maximum atomic E-state index is 12.3. The van der Waals surface area contributed by atoms with Gasteiger partial charge in [0.25, 0.3) is 10.1 Å². The average Bonchev–Trinajstić information content (AvgIpc) is 2.59. The van der Waals surface area contributed by atoms with Gasteiger partial charge in [0.15, 0.2) is 0 Å². The Morgan fingerprint density at radius 2 is 1.62 bits per heavy atom. The standard InChI is InChI=1S/C15H19IO7S/c1-10-2-4-11(5-3-10)24(17,18)23-7-13-15-14(21-9-20-13)12(6-16)19-8-22-15/h2-5,12-15H,6-9H2,1H3/t12-,13-,14+,15-/m0/s1. The molecule has 0 unspecified atom stereocenters. The van der Waals surface area contributed by atoms with Gasteiger partial charge in [-0.15, -0.1) is 0 Å². The summed E-state index contributed by atoms with van der Waals surface area (Å²) in [5.74, 6) is 0. The second kappa shape index (κ2) is 7.94. The van der Waals surface area contributed by atoms with E-state index < -0.39 is 22.3 Å². The topological polar surface area (TPSA) is 80.3 Å². The van der Waals surface area contributed by atoms with Crippen LogP contribution in [0, 0.1) is 6.92 Å². The van der Waals surface area contributed by atoms with Gasteiger partial charge in [-0.3, -0.25) is 4.18 Å². The van der Waals surface area contributed by atoms with Crippen LogP contribution in [0.4, 0.5) is 0 Å². The molecular formula is C15H19IO7S. The minimum atomic E-state index is -3.84. The number of aryl methyl sites for hydroxylation is 1. The van der Waals surface area contributed by atoms with Crippen molar-refractivity contribution < 1.29 is 31.5 Å². The van der Waals surface area contributed by atoms with E-state index >= 15 is 0 Å². The predicted molar refractivity (Wildman–Crippen MR) is 92.4 cm³/mol. The number of rotatable bonds is 5. The van der Waals surface area contributed by atoms with Crippen LogP contribution in [0.2, 0.25) is 0 Å². The summed E-state index contributed by atoms with van der Waals surface area (Å²) in [6.45, 7) is 1.94. The molecule has 0 aromatic heterocycles. The maximum absolute atomic E-state index is 12.3. The lowest BCUT2D eigenvalue weighted by atomic mass is 10.0. The lowest BCUT2D eigenvalue weighted by molar-refractivity contribution is -0.320. The van der Waals surface area contributed by atoms with Gasteiger partial charge in [0.05, 0.1) is 17.6 Å². The van der Waals surface area contributed by atoms with E-state index in [0.29, 0.717) is 0 Å². The molecule has 7 nitrogen and oxygen atoms in total. The van der Waals surface area contributed by atoms with E-state index in [9.17, 15) is 8.42 Å². The van der Waals surface area contributed by atoms with Crippen molar-refractivity contribution in [3.63, 3.8) is 0 Å². The van der Waals surface area contributed by atoms with Crippen molar-refractivity contribution >= 4 is 32.7 Å². The molecule has 0 spiro atoms. The summed E-state index contributed by atoms with van der Waals surface area (Å²) in [5.41, 5.74) is 0.977. The largest absolute Gasteiger partial charge is 0.349 e. The molecule has 1 aromatic carbocycles. The fraction of sp³-hybridized carbons (Fsp3) is 0.600. The van der Waals surface area contributed by atoms with E-state index in [1.807, 2.05) is 6.92 Å². The van der Waals surface area contributed by atoms with Gasteiger partial charge in [-0.05, 0) is 19.1 Å². The normalized spacial score (nSPS) is 30.8. The van der Waals surface area contributed by atoms with Crippen LogP contribution in [0.25, 0.3) is 0 Å². The van der Waals surface area contributed by atoms with Crippen LogP contribution >= 0.6 is 22.6 Å². The highest BCUT2D eigenvalue weighted by molar-refractivity contribution is 14.1. The van der Waals surface area contributed by atoms with Crippen molar-refractivity contribution in [3.8, 4) is 0 Å². The Bertz CT molecular complexity index is 648. The zero-order valence-corrected chi connectivity index (χ0v) is 16.1. The molecule has 9 heteroatoms. The average molecular weight is 470 g/mol. The Morgan fingerprint density at radius 1 is 1.04 bits per heavy atom. The van der Waals surface area contributed by atoms with Gasteiger partial charge in [-0.25, -0.2) is 0 Å². The highest BCUT2D eigenvalue weighted by Gasteiger charge is 2.44. The number of hydrogen-bond donors (Lipinski definition) is 0. The first-order valence-electron chi connectivity index (χ1n) is 7.50. The lowest BCUT2D eigenvalue weighted by Gasteiger charge is -2.43. The summed E-state index contributed by atoms with van der Waals surface area (Å²) in [4.78, 5) is 0.120. The second-order valence-electron chi connectivity index (χ2n) is 5.61. The van der Waals surface area contributed by atoms with Gasteiger partial charge in [-0.1, -0.05) is 40.3 Å². The molecule has 2 aliphatic rings. The Kier molecular flexibility index (Phi) is 6.11. The van der Waals surface area contributed by atoms with E-state index in [1.165, 1.54) is 12.1 Å². The third kappa shape index (κ3) is 4.09. The Hall–Kier alpha value is -0.300. The zero-order valence-electron chi connectivity index (χ0n) is 13.1. The molecule has 2 aliphatic heterocycles. The van der Waals surface area contributed by atoms with Crippen molar-refractivity contribution in [2.24, 2.45) is 0 Å². The number of alkyl halides is 1. The van der Waals surface area contributed by atoms with Crippen LogP contribution in [0.1, 0.15) is 5.56 Å². The Labute approximate surface area is 154 Å². The fourth-order valence-corrected chi connectivity index (χ4v) is 4.31. The van der Waals surface area contributed by atoms with E-state index in [0.717, 1.165) is 9.99 Å². The summed E-state index contributed by atoms with van der Waals surface area (Å²) in [7, 11) is -3.84. The summed E-state index contributed by atoms with van der Waals surface area (Å²) in [6, 6.07) is 6.50. The van der Waals surface area contributed by atoms with Gasteiger partial charge in [0.2, 0.25) is 0 Å². The molecule has 4 atom stereocenters. The summed E-state index contributed by atoms with van der Waals surface area (Å²) in [5, 5.41) is 0. The predicted octanol–water partition coefficient (Wildman–Crippen LogP) is 1.62. The number of benzene rings is 1. The van der Waals surface area contributed by atoms with Gasteiger partial charge in [0, 0.05) is 4.43 Å². The molecule has 2 saturated heterocycles. The summed E-state index contributed by atoms with van der Waals surface area (Å²) >= 11 is 2.22. The maximum Gasteiger partial charge on any atom is 0.297 e. The van der Waals surface area contributed by atoms with Crippen molar-refractivity contribution in [3.05, 3.63) is 29.8 Å². The molecule has 134 valence electrons. The van der Waals surface area contributed by atoms with E-state index in [1.54, 1.807) is 12.1 Å². The van der Waals surface area contributed by atoms with Crippen molar-refractivity contribution in [2.45, 2.75) is 36.2 Å². The molecule has 0 N–H and O–H groups in total. The number of hydrogen-bond acceptors (Lipinski definition) is 7. The van der Waals surface area contributed by atoms with Crippen molar-refractivity contribution in [1.29, 1.82) is 0 Å². The van der Waals surface area contributed by atoms with E-state index in [2.05, 4.69) is 22.6 Å². The Balaban J connectivity index is 1.66. The SMILES string of the molecule is Cc1ccc(S(=O)(=O)OC[C@@H]2OCO[C@H]3[C@H]2OCO[C@H]3CI)cc1. The molecule has 0 amide bonds. The van der Waals surface area contributed by atoms with Crippen LogP contribution in [-0.4, -0.2) is 57.5 Å². The first kappa shape index (κ1) is 18.5. The quantitative estimate of drug-likeness (QED) is 0.368. The zero-order chi connectivity index (χ0) is 17.2. The minimum absolute atomic E-state index is 0.0552. The molecule has 0 aliphatic carbocycles. The first-order chi connectivity index (χ1) is 11.5. The van der Waals surface area contributed by atoms with Crippen LogP contribution in [0.5, 0.6) is 0 Å². The number of halogens is 1. The summed E-state index contributed by atoms with van der Waals surface area (Å²) < 4.78 is 52.6. The molecule has 0 bridgehead atoms. The molecular weight excluding hydrogens is 451 g/mol. The van der Waals surface area contributed by atoms with Crippen LogP contribution < -0.4 is 0 Å². The van der Waals surface area contributed by atoms with Gasteiger partial charge in [-0.2, -0.15) is 8.42 Å². The molecule has 0 saturated carbocycles. The third-order valence-corrected chi connectivity index (χ3v) is 6.16. The number of ether oxygens (including phenoxy) is 4. The van der Waals surface area contributed by atoms with Crippen LogP contribution in [-0.2, 0) is 33.2 Å². The lowest BCUT2D eigenvalue weighted by Crippen LogP contribution is -2.58. The number of fused-ring (bicyclic) bond motifs is 1.